The van der Waals surface area contributed by atoms with Gasteiger partial charge in [-0.2, -0.15) is 0 Å². The van der Waals surface area contributed by atoms with E-state index in [1.54, 1.807) is 12.1 Å². The lowest BCUT2D eigenvalue weighted by Gasteiger charge is -2.14. The summed E-state index contributed by atoms with van der Waals surface area (Å²) in [4.78, 5) is 35.6. The van der Waals surface area contributed by atoms with Crippen molar-refractivity contribution in [1.82, 2.24) is 10.9 Å². The van der Waals surface area contributed by atoms with E-state index in [4.69, 9.17) is 4.74 Å². The van der Waals surface area contributed by atoms with Gasteiger partial charge < -0.3 is 9.47 Å². The SMILES string of the molecule is COC(=O)c1cccc(C(=O)NNC(=O)COc2ccccc2C(C)C)c1. The highest BCUT2D eigenvalue weighted by atomic mass is 16.5. The van der Waals surface area contributed by atoms with Crippen LogP contribution in [0.4, 0.5) is 0 Å². The second-order valence-electron chi connectivity index (χ2n) is 6.06. The van der Waals surface area contributed by atoms with Gasteiger partial charge in [-0.05, 0) is 35.7 Å². The number of carbonyl (C=O) groups is 3. The molecule has 2 aromatic rings. The van der Waals surface area contributed by atoms with Gasteiger partial charge in [0.1, 0.15) is 5.75 Å². The van der Waals surface area contributed by atoms with Crippen LogP contribution in [0.15, 0.2) is 48.5 Å². The predicted octanol–water partition coefficient (Wildman–Crippen LogP) is 2.44. The highest BCUT2D eigenvalue weighted by Crippen LogP contribution is 2.25. The zero-order valence-corrected chi connectivity index (χ0v) is 15.4. The summed E-state index contributed by atoms with van der Waals surface area (Å²) in [6.07, 6.45) is 0. The molecule has 0 aromatic heterocycles. The van der Waals surface area contributed by atoms with Crippen molar-refractivity contribution >= 4 is 17.8 Å². The highest BCUT2D eigenvalue weighted by Gasteiger charge is 2.12. The Balaban J connectivity index is 1.89. The van der Waals surface area contributed by atoms with Gasteiger partial charge in [0, 0.05) is 5.56 Å². The second-order valence-corrected chi connectivity index (χ2v) is 6.06. The van der Waals surface area contributed by atoms with Crippen molar-refractivity contribution in [2.24, 2.45) is 0 Å². The van der Waals surface area contributed by atoms with E-state index in [0.717, 1.165) is 5.56 Å². The molecule has 0 bridgehead atoms. The van der Waals surface area contributed by atoms with Gasteiger partial charge in [0.25, 0.3) is 11.8 Å². The molecule has 2 amide bonds. The van der Waals surface area contributed by atoms with Gasteiger partial charge >= 0.3 is 5.97 Å². The first-order valence-electron chi connectivity index (χ1n) is 8.41. The van der Waals surface area contributed by atoms with Crippen molar-refractivity contribution in [3.05, 3.63) is 65.2 Å². The van der Waals surface area contributed by atoms with Crippen molar-refractivity contribution in [2.45, 2.75) is 19.8 Å². The topological polar surface area (TPSA) is 93.7 Å². The molecule has 7 heteroatoms. The minimum atomic E-state index is -0.559. The zero-order valence-electron chi connectivity index (χ0n) is 15.4. The number of carbonyl (C=O) groups excluding carboxylic acids is 3. The van der Waals surface area contributed by atoms with E-state index >= 15 is 0 Å². The number of hydrogen-bond donors (Lipinski definition) is 2. The third kappa shape index (κ3) is 5.57. The Labute approximate surface area is 157 Å². The lowest BCUT2D eigenvalue weighted by Crippen LogP contribution is -2.43. The number of nitrogens with one attached hydrogen (secondary N) is 2. The molecule has 0 saturated heterocycles. The second kappa shape index (κ2) is 9.38. The maximum atomic E-state index is 12.1. The maximum Gasteiger partial charge on any atom is 0.337 e. The standard InChI is InChI=1S/C20H22N2O5/c1-13(2)16-9-4-5-10-17(16)27-12-18(23)21-22-19(24)14-7-6-8-15(11-14)20(25)26-3/h4-11,13H,12H2,1-3H3,(H,21,23)(H,22,24). The number of benzene rings is 2. The fourth-order valence-electron chi connectivity index (χ4n) is 2.37. The van der Waals surface area contributed by atoms with Gasteiger partial charge in [0.15, 0.2) is 6.61 Å². The molecule has 0 unspecified atom stereocenters. The third-order valence-electron chi connectivity index (χ3n) is 3.76. The third-order valence-corrected chi connectivity index (χ3v) is 3.76. The molecule has 0 heterocycles. The highest BCUT2D eigenvalue weighted by molar-refractivity contribution is 5.98. The monoisotopic (exact) mass is 370 g/mol. The summed E-state index contributed by atoms with van der Waals surface area (Å²) in [5, 5.41) is 0. The first-order chi connectivity index (χ1) is 12.9. The van der Waals surface area contributed by atoms with Crippen LogP contribution < -0.4 is 15.6 Å². The normalized spacial score (nSPS) is 10.2. The Bertz CT molecular complexity index is 833. The molecule has 2 aromatic carbocycles. The number of amides is 2. The number of rotatable bonds is 6. The van der Waals surface area contributed by atoms with Gasteiger partial charge in [-0.25, -0.2) is 4.79 Å². The molecule has 0 aliphatic rings. The summed E-state index contributed by atoms with van der Waals surface area (Å²) in [5.74, 6) is -0.737. The van der Waals surface area contributed by atoms with Gasteiger partial charge in [-0.3, -0.25) is 20.4 Å². The summed E-state index contributed by atoms with van der Waals surface area (Å²) < 4.78 is 10.2. The molecular weight excluding hydrogens is 348 g/mol. The molecule has 0 atom stereocenters. The minimum absolute atomic E-state index is 0.212. The molecule has 27 heavy (non-hydrogen) atoms. The molecule has 0 aliphatic carbocycles. The van der Waals surface area contributed by atoms with Gasteiger partial charge in [0.2, 0.25) is 0 Å². The van der Waals surface area contributed by atoms with E-state index in [9.17, 15) is 14.4 Å². The smallest absolute Gasteiger partial charge is 0.337 e. The van der Waals surface area contributed by atoms with Crippen LogP contribution in [0.5, 0.6) is 5.75 Å². The van der Waals surface area contributed by atoms with Crippen LogP contribution in [0.1, 0.15) is 46.0 Å². The van der Waals surface area contributed by atoms with E-state index in [-0.39, 0.29) is 23.7 Å². The Hall–Kier alpha value is -3.35. The van der Waals surface area contributed by atoms with E-state index in [1.807, 2.05) is 32.0 Å². The van der Waals surface area contributed by atoms with Crippen molar-refractivity contribution in [2.75, 3.05) is 13.7 Å². The summed E-state index contributed by atoms with van der Waals surface area (Å²) in [5.41, 5.74) is 6.02. The van der Waals surface area contributed by atoms with Crippen LogP contribution in [0.25, 0.3) is 0 Å². The molecule has 0 saturated carbocycles. The quantitative estimate of drug-likeness (QED) is 0.602. The number of hydrogen-bond acceptors (Lipinski definition) is 5. The Morgan fingerprint density at radius 3 is 2.37 bits per heavy atom. The number of ether oxygens (including phenoxy) is 2. The predicted molar refractivity (Wildman–Crippen MR) is 99.4 cm³/mol. The first-order valence-corrected chi connectivity index (χ1v) is 8.41. The molecule has 2 N–H and O–H groups in total. The van der Waals surface area contributed by atoms with E-state index in [2.05, 4.69) is 15.6 Å². The van der Waals surface area contributed by atoms with Crippen molar-refractivity contribution in [3.63, 3.8) is 0 Å². The molecule has 0 spiro atoms. The number of para-hydroxylation sites is 1. The van der Waals surface area contributed by atoms with Crippen LogP contribution in [-0.4, -0.2) is 31.5 Å². The average Bonchev–Trinajstić information content (AvgIpc) is 2.69. The van der Waals surface area contributed by atoms with Crippen molar-refractivity contribution in [1.29, 1.82) is 0 Å². The Kier molecular flexibility index (Phi) is 6.93. The minimum Gasteiger partial charge on any atom is -0.483 e. The maximum absolute atomic E-state index is 12.1. The van der Waals surface area contributed by atoms with Crippen molar-refractivity contribution in [3.8, 4) is 5.75 Å². The van der Waals surface area contributed by atoms with Crippen LogP contribution >= 0.6 is 0 Å². The largest absolute Gasteiger partial charge is 0.483 e. The molecule has 7 nitrogen and oxygen atoms in total. The van der Waals surface area contributed by atoms with Crippen LogP contribution in [0.2, 0.25) is 0 Å². The van der Waals surface area contributed by atoms with Crippen LogP contribution in [0.3, 0.4) is 0 Å². The lowest BCUT2D eigenvalue weighted by molar-refractivity contribution is -0.123. The zero-order chi connectivity index (χ0) is 19.8. The molecule has 2 rings (SSSR count). The van der Waals surface area contributed by atoms with E-state index in [0.29, 0.717) is 5.75 Å². The number of hydrazine groups is 1. The molecule has 0 fully saturated rings. The summed E-state index contributed by atoms with van der Waals surface area (Å²) in [6, 6.07) is 13.4. The Morgan fingerprint density at radius 2 is 1.67 bits per heavy atom. The fourth-order valence-corrected chi connectivity index (χ4v) is 2.37. The first kappa shape index (κ1) is 20.0. The van der Waals surface area contributed by atoms with Crippen LogP contribution in [0, 0.1) is 0 Å². The van der Waals surface area contributed by atoms with Crippen molar-refractivity contribution < 1.29 is 23.9 Å². The van der Waals surface area contributed by atoms with Gasteiger partial charge in [-0.1, -0.05) is 38.1 Å². The molecule has 0 aliphatic heterocycles. The Morgan fingerprint density at radius 1 is 0.963 bits per heavy atom. The average molecular weight is 370 g/mol. The summed E-state index contributed by atoms with van der Waals surface area (Å²) in [7, 11) is 1.26. The summed E-state index contributed by atoms with van der Waals surface area (Å²) in [6.45, 7) is 3.82. The number of esters is 1. The molecule has 0 radical (unpaired) electrons. The molecular formula is C20H22N2O5. The van der Waals surface area contributed by atoms with E-state index < -0.39 is 17.8 Å². The number of methoxy groups -OCH3 is 1. The van der Waals surface area contributed by atoms with Gasteiger partial charge in [0.05, 0.1) is 12.7 Å². The lowest BCUT2D eigenvalue weighted by atomic mass is 10.0. The van der Waals surface area contributed by atoms with Gasteiger partial charge in [-0.15, -0.1) is 0 Å². The fraction of sp³-hybridized carbons (Fsp3) is 0.250. The van der Waals surface area contributed by atoms with Crippen LogP contribution in [-0.2, 0) is 9.53 Å². The molecule has 142 valence electrons. The van der Waals surface area contributed by atoms with E-state index in [1.165, 1.54) is 25.3 Å². The summed E-state index contributed by atoms with van der Waals surface area (Å²) >= 11 is 0.